The molecule has 1 atom stereocenters. The number of ether oxygens (including phenoxy) is 1. The van der Waals surface area contributed by atoms with Gasteiger partial charge < -0.3 is 10.1 Å². The highest BCUT2D eigenvalue weighted by atomic mass is 16.6. The molecule has 1 fully saturated rings. The van der Waals surface area contributed by atoms with Crippen LogP contribution in [-0.4, -0.2) is 25.2 Å². The van der Waals surface area contributed by atoms with Crippen LogP contribution in [0.1, 0.15) is 12.0 Å². The Morgan fingerprint density at radius 3 is 2.80 bits per heavy atom. The number of epoxide rings is 1. The van der Waals surface area contributed by atoms with Crippen molar-refractivity contribution in [1.82, 2.24) is 5.32 Å². The van der Waals surface area contributed by atoms with E-state index in [0.29, 0.717) is 13.0 Å². The van der Waals surface area contributed by atoms with Crippen LogP contribution >= 0.6 is 0 Å². The Kier molecular flexibility index (Phi) is 3.35. The van der Waals surface area contributed by atoms with Gasteiger partial charge in [-0.3, -0.25) is 4.79 Å². The van der Waals surface area contributed by atoms with Crippen LogP contribution in [0, 0.1) is 0 Å². The van der Waals surface area contributed by atoms with Crippen molar-refractivity contribution in [2.24, 2.45) is 0 Å². The first kappa shape index (κ1) is 10.2. The van der Waals surface area contributed by atoms with Crippen molar-refractivity contribution in [3.8, 4) is 0 Å². The third-order valence-electron chi connectivity index (χ3n) is 2.41. The van der Waals surface area contributed by atoms with Gasteiger partial charge in [-0.25, -0.2) is 0 Å². The first-order valence-corrected chi connectivity index (χ1v) is 5.27. The second kappa shape index (κ2) is 4.94. The number of hydrogen-bond acceptors (Lipinski definition) is 2. The van der Waals surface area contributed by atoms with E-state index in [1.165, 1.54) is 5.56 Å². The van der Waals surface area contributed by atoms with Crippen molar-refractivity contribution in [1.29, 1.82) is 0 Å². The van der Waals surface area contributed by atoms with Gasteiger partial charge in [-0.1, -0.05) is 30.3 Å². The van der Waals surface area contributed by atoms with Gasteiger partial charge in [0.1, 0.15) is 0 Å². The van der Waals surface area contributed by atoms with E-state index < -0.39 is 0 Å². The van der Waals surface area contributed by atoms with Crippen molar-refractivity contribution in [3.63, 3.8) is 0 Å². The van der Waals surface area contributed by atoms with E-state index >= 15 is 0 Å². The second-order valence-corrected chi connectivity index (χ2v) is 3.75. The first-order chi connectivity index (χ1) is 7.34. The Bertz CT molecular complexity index is 320. The lowest BCUT2D eigenvalue weighted by Crippen LogP contribution is -2.27. The Balaban J connectivity index is 1.66. The van der Waals surface area contributed by atoms with Crippen LogP contribution in [0.3, 0.4) is 0 Å². The summed E-state index contributed by atoms with van der Waals surface area (Å²) in [5.41, 5.74) is 1.20. The quantitative estimate of drug-likeness (QED) is 0.732. The van der Waals surface area contributed by atoms with Gasteiger partial charge in [0.2, 0.25) is 5.91 Å². The fourth-order valence-corrected chi connectivity index (χ4v) is 1.40. The van der Waals surface area contributed by atoms with Crippen LogP contribution in [0.5, 0.6) is 0 Å². The van der Waals surface area contributed by atoms with Gasteiger partial charge in [0, 0.05) is 13.0 Å². The molecule has 0 unspecified atom stereocenters. The monoisotopic (exact) mass is 205 g/mol. The lowest BCUT2D eigenvalue weighted by Gasteiger charge is -2.02. The topological polar surface area (TPSA) is 41.6 Å². The Labute approximate surface area is 89.4 Å². The highest BCUT2D eigenvalue weighted by Gasteiger charge is 2.22. The van der Waals surface area contributed by atoms with Crippen LogP contribution in [0.25, 0.3) is 0 Å². The zero-order valence-corrected chi connectivity index (χ0v) is 8.61. The minimum Gasteiger partial charge on any atom is -0.371 e. The third kappa shape index (κ3) is 3.72. The number of amides is 1. The summed E-state index contributed by atoms with van der Waals surface area (Å²) in [7, 11) is 0. The molecule has 1 N–H and O–H groups in total. The molecule has 1 aromatic rings. The molecule has 3 heteroatoms. The Hall–Kier alpha value is -1.35. The molecule has 80 valence electrons. The fourth-order valence-electron chi connectivity index (χ4n) is 1.40. The molecule has 1 aliphatic rings. The molecule has 1 aliphatic heterocycles. The molecule has 0 spiro atoms. The molecule has 1 amide bonds. The number of hydrogen-bond donors (Lipinski definition) is 1. The van der Waals surface area contributed by atoms with Gasteiger partial charge in [0.05, 0.1) is 12.7 Å². The minimum absolute atomic E-state index is 0.106. The predicted molar refractivity (Wildman–Crippen MR) is 57.5 cm³/mol. The molecule has 1 heterocycles. The molecule has 0 aromatic heterocycles. The third-order valence-corrected chi connectivity index (χ3v) is 2.41. The summed E-state index contributed by atoms with van der Waals surface area (Å²) in [4.78, 5) is 11.4. The summed E-state index contributed by atoms with van der Waals surface area (Å²) >= 11 is 0. The lowest BCUT2D eigenvalue weighted by atomic mass is 10.1. The molecule has 0 saturated carbocycles. The van der Waals surface area contributed by atoms with E-state index in [-0.39, 0.29) is 12.0 Å². The minimum atomic E-state index is 0.106. The van der Waals surface area contributed by atoms with E-state index in [4.69, 9.17) is 4.74 Å². The van der Waals surface area contributed by atoms with Gasteiger partial charge in [-0.05, 0) is 12.0 Å². The molecular formula is C12H15NO2. The van der Waals surface area contributed by atoms with Gasteiger partial charge in [-0.15, -0.1) is 0 Å². The maximum absolute atomic E-state index is 11.4. The van der Waals surface area contributed by atoms with Gasteiger partial charge in [-0.2, -0.15) is 0 Å². The van der Waals surface area contributed by atoms with Crippen molar-refractivity contribution < 1.29 is 9.53 Å². The maximum Gasteiger partial charge on any atom is 0.220 e. The van der Waals surface area contributed by atoms with Crippen molar-refractivity contribution in [2.45, 2.75) is 18.9 Å². The zero-order valence-electron chi connectivity index (χ0n) is 8.61. The summed E-state index contributed by atoms with van der Waals surface area (Å²) in [6, 6.07) is 10.0. The Morgan fingerprint density at radius 2 is 2.13 bits per heavy atom. The summed E-state index contributed by atoms with van der Waals surface area (Å²) in [6.07, 6.45) is 1.63. The average molecular weight is 205 g/mol. The fraction of sp³-hybridized carbons (Fsp3) is 0.417. The first-order valence-electron chi connectivity index (χ1n) is 5.27. The molecule has 3 nitrogen and oxygen atoms in total. The van der Waals surface area contributed by atoms with Crippen LogP contribution in [0.15, 0.2) is 30.3 Å². The summed E-state index contributed by atoms with van der Waals surface area (Å²) in [5.74, 6) is 0.106. The molecule has 1 saturated heterocycles. The number of rotatable bonds is 5. The summed E-state index contributed by atoms with van der Waals surface area (Å²) in [5, 5.41) is 2.85. The van der Waals surface area contributed by atoms with E-state index in [9.17, 15) is 4.79 Å². The smallest absolute Gasteiger partial charge is 0.220 e. The Morgan fingerprint density at radius 1 is 1.40 bits per heavy atom. The van der Waals surface area contributed by atoms with Gasteiger partial charge in [0.25, 0.3) is 0 Å². The number of carbonyl (C=O) groups excluding carboxylic acids is 1. The normalized spacial score (nSPS) is 18.5. The van der Waals surface area contributed by atoms with Crippen molar-refractivity contribution >= 4 is 5.91 Å². The van der Waals surface area contributed by atoms with Gasteiger partial charge in [0.15, 0.2) is 0 Å². The largest absolute Gasteiger partial charge is 0.371 e. The van der Waals surface area contributed by atoms with Crippen LogP contribution in [-0.2, 0) is 16.0 Å². The maximum atomic E-state index is 11.4. The molecular weight excluding hydrogens is 190 g/mol. The molecule has 0 radical (unpaired) electrons. The SMILES string of the molecule is O=C(CCc1ccccc1)NC[C@H]1CO1. The zero-order chi connectivity index (χ0) is 10.5. The highest BCUT2D eigenvalue weighted by molar-refractivity contribution is 5.76. The predicted octanol–water partition coefficient (Wildman–Crippen LogP) is 1.13. The number of nitrogens with one attached hydrogen (secondary N) is 1. The standard InChI is InChI=1S/C12H15NO2/c14-12(13-8-11-9-15-11)7-6-10-4-2-1-3-5-10/h1-5,11H,6-9H2,(H,13,14)/t11-/m0/s1. The molecule has 0 aliphatic carbocycles. The number of benzene rings is 1. The van der Waals surface area contributed by atoms with Crippen molar-refractivity contribution in [3.05, 3.63) is 35.9 Å². The van der Waals surface area contributed by atoms with Crippen LogP contribution < -0.4 is 5.32 Å². The van der Waals surface area contributed by atoms with Gasteiger partial charge >= 0.3 is 0 Å². The van der Waals surface area contributed by atoms with E-state index in [1.807, 2.05) is 30.3 Å². The van der Waals surface area contributed by atoms with E-state index in [1.54, 1.807) is 0 Å². The molecule has 0 bridgehead atoms. The second-order valence-electron chi connectivity index (χ2n) is 3.75. The van der Waals surface area contributed by atoms with Crippen molar-refractivity contribution in [2.75, 3.05) is 13.2 Å². The van der Waals surface area contributed by atoms with E-state index in [2.05, 4.69) is 5.32 Å². The number of aryl methyl sites for hydroxylation is 1. The molecule has 2 rings (SSSR count). The molecule has 15 heavy (non-hydrogen) atoms. The highest BCUT2D eigenvalue weighted by Crippen LogP contribution is 2.06. The summed E-state index contributed by atoms with van der Waals surface area (Å²) < 4.78 is 5.01. The summed E-state index contributed by atoms with van der Waals surface area (Å²) in [6.45, 7) is 1.45. The van der Waals surface area contributed by atoms with Crippen LogP contribution in [0.2, 0.25) is 0 Å². The average Bonchev–Trinajstić information content (AvgIpc) is 3.09. The lowest BCUT2D eigenvalue weighted by molar-refractivity contribution is -0.121. The van der Waals surface area contributed by atoms with Crippen LogP contribution in [0.4, 0.5) is 0 Å². The molecule has 1 aromatic carbocycles. The van der Waals surface area contributed by atoms with E-state index in [0.717, 1.165) is 13.0 Å². The number of carbonyl (C=O) groups is 1.